The summed E-state index contributed by atoms with van der Waals surface area (Å²) in [6.45, 7) is 11.8. The van der Waals surface area contributed by atoms with Crippen LogP contribution in [0.15, 0.2) is 30.3 Å². The summed E-state index contributed by atoms with van der Waals surface area (Å²) in [6, 6.07) is 10.4. The molecule has 0 aromatic heterocycles. The minimum Gasteiger partial charge on any atom is -0.374 e. The lowest BCUT2D eigenvalue weighted by Gasteiger charge is -2.29. The van der Waals surface area contributed by atoms with Crippen molar-refractivity contribution in [1.29, 1.82) is 0 Å². The van der Waals surface area contributed by atoms with E-state index in [0.29, 0.717) is 32.8 Å². The van der Waals surface area contributed by atoms with E-state index in [9.17, 15) is 4.79 Å². The highest BCUT2D eigenvalue weighted by molar-refractivity contribution is 6.60. The van der Waals surface area contributed by atoms with Crippen LogP contribution in [-0.2, 0) is 13.3 Å². The van der Waals surface area contributed by atoms with Crippen LogP contribution in [0.2, 0.25) is 6.04 Å². The van der Waals surface area contributed by atoms with Gasteiger partial charge in [0.05, 0.1) is 0 Å². The maximum atomic E-state index is 9.84. The van der Waals surface area contributed by atoms with Crippen molar-refractivity contribution in [3.05, 3.63) is 42.8 Å². The molecule has 1 aromatic rings. The van der Waals surface area contributed by atoms with Crippen molar-refractivity contribution in [2.75, 3.05) is 26.4 Å². The Hall–Kier alpha value is -1.45. The largest absolute Gasteiger partial charge is 0.500 e. The standard InChI is InChI=1S/C15H27NO3Si.C4H9N2O/c1-4-17-20(18-5-2,19-6-3)13-12-15(16)14-10-8-7-9-11-14;1-2-3-6-4(5)7/h7-11,15H,4-6,12-13,16H2,1-3H3;1-3H2,(H3,5,6,7). The SMILES string of the molecule is CCO[Si](CCC(N)c1ccccc1)(OCC)OCC.[CH2]CCNC(N)=O. The summed E-state index contributed by atoms with van der Waals surface area (Å²) in [4.78, 5) is 9.84. The van der Waals surface area contributed by atoms with Crippen molar-refractivity contribution in [2.24, 2.45) is 11.5 Å². The first-order valence-electron chi connectivity index (χ1n) is 9.49. The molecule has 1 radical (unpaired) electrons. The Bertz CT molecular complexity index is 474. The Kier molecular flexibility index (Phi) is 14.8. The maximum Gasteiger partial charge on any atom is 0.500 e. The van der Waals surface area contributed by atoms with Crippen molar-refractivity contribution in [3.8, 4) is 0 Å². The maximum absolute atomic E-state index is 9.84. The van der Waals surface area contributed by atoms with Gasteiger partial charge in [-0.15, -0.1) is 0 Å². The summed E-state index contributed by atoms with van der Waals surface area (Å²) in [5.41, 5.74) is 12.1. The first-order chi connectivity index (χ1) is 12.9. The summed E-state index contributed by atoms with van der Waals surface area (Å²) in [5, 5.41) is 2.37. The van der Waals surface area contributed by atoms with E-state index in [1.165, 1.54) is 0 Å². The van der Waals surface area contributed by atoms with Gasteiger partial charge >= 0.3 is 14.8 Å². The molecule has 1 aromatic carbocycles. The summed E-state index contributed by atoms with van der Waals surface area (Å²) >= 11 is 0. The third-order valence-electron chi connectivity index (χ3n) is 3.56. The van der Waals surface area contributed by atoms with Gasteiger partial charge in [-0.05, 0) is 39.2 Å². The van der Waals surface area contributed by atoms with Crippen LogP contribution in [0.25, 0.3) is 0 Å². The highest BCUT2D eigenvalue weighted by atomic mass is 28.4. The molecule has 0 saturated heterocycles. The molecule has 8 heteroatoms. The molecule has 1 atom stereocenters. The first kappa shape index (κ1) is 25.5. The zero-order valence-corrected chi connectivity index (χ0v) is 17.9. The van der Waals surface area contributed by atoms with E-state index in [4.69, 9.17) is 24.7 Å². The molecule has 0 bridgehead atoms. The molecule has 1 rings (SSSR count). The smallest absolute Gasteiger partial charge is 0.374 e. The van der Waals surface area contributed by atoms with E-state index in [1.807, 2.05) is 39.0 Å². The van der Waals surface area contributed by atoms with E-state index in [0.717, 1.165) is 18.0 Å². The second kappa shape index (κ2) is 15.6. The molecule has 0 fully saturated rings. The summed E-state index contributed by atoms with van der Waals surface area (Å²) < 4.78 is 17.5. The molecule has 0 aliphatic rings. The Morgan fingerprint density at radius 1 is 1.11 bits per heavy atom. The number of carbonyl (C=O) groups is 1. The number of urea groups is 1. The van der Waals surface area contributed by atoms with Gasteiger partial charge in [0.2, 0.25) is 0 Å². The van der Waals surface area contributed by atoms with Crippen LogP contribution in [0, 0.1) is 6.92 Å². The van der Waals surface area contributed by atoms with Crippen LogP contribution in [0.5, 0.6) is 0 Å². The molecule has 27 heavy (non-hydrogen) atoms. The van der Waals surface area contributed by atoms with Gasteiger partial charge in [0, 0.05) is 38.5 Å². The number of primary amides is 1. The Balaban J connectivity index is 0.000000821. The third-order valence-corrected chi connectivity index (χ3v) is 6.64. The number of hydrogen-bond donors (Lipinski definition) is 3. The van der Waals surface area contributed by atoms with Gasteiger partial charge in [-0.2, -0.15) is 0 Å². The molecule has 1 unspecified atom stereocenters. The summed E-state index contributed by atoms with van der Waals surface area (Å²) in [5.74, 6) is 0. The lowest BCUT2D eigenvalue weighted by Crippen LogP contribution is -2.46. The minimum absolute atomic E-state index is 0.00977. The molecule has 155 valence electrons. The van der Waals surface area contributed by atoms with E-state index in [2.05, 4.69) is 24.4 Å². The van der Waals surface area contributed by atoms with Crippen molar-refractivity contribution < 1.29 is 18.1 Å². The van der Waals surface area contributed by atoms with Gasteiger partial charge in [-0.3, -0.25) is 0 Å². The van der Waals surface area contributed by atoms with Crippen LogP contribution in [-0.4, -0.2) is 41.2 Å². The van der Waals surface area contributed by atoms with Crippen LogP contribution in [0.4, 0.5) is 4.79 Å². The van der Waals surface area contributed by atoms with E-state index < -0.39 is 14.8 Å². The monoisotopic (exact) mass is 398 g/mol. The number of nitrogens with two attached hydrogens (primary N) is 2. The minimum atomic E-state index is -2.57. The molecule has 2 amide bonds. The molecule has 0 aliphatic heterocycles. The molecule has 7 nitrogen and oxygen atoms in total. The highest BCUT2D eigenvalue weighted by Gasteiger charge is 2.40. The molecular formula is C19H36N3O4Si. The fraction of sp³-hybridized carbons (Fsp3) is 0.579. The van der Waals surface area contributed by atoms with Crippen molar-refractivity contribution in [1.82, 2.24) is 5.32 Å². The molecule has 0 saturated carbocycles. The van der Waals surface area contributed by atoms with E-state index in [1.54, 1.807) is 0 Å². The molecule has 0 spiro atoms. The lowest BCUT2D eigenvalue weighted by molar-refractivity contribution is 0.0703. The number of rotatable bonds is 12. The van der Waals surface area contributed by atoms with Crippen LogP contribution in [0.3, 0.4) is 0 Å². The predicted octanol–water partition coefficient (Wildman–Crippen LogP) is 3.00. The highest BCUT2D eigenvalue weighted by Crippen LogP contribution is 2.24. The van der Waals surface area contributed by atoms with Crippen molar-refractivity contribution in [2.45, 2.75) is 45.7 Å². The number of carbonyl (C=O) groups excluding carboxylic acids is 1. The third kappa shape index (κ3) is 11.8. The predicted molar refractivity (Wildman–Crippen MR) is 111 cm³/mol. The van der Waals surface area contributed by atoms with E-state index in [-0.39, 0.29) is 6.04 Å². The first-order valence-corrected chi connectivity index (χ1v) is 11.4. The summed E-state index contributed by atoms with van der Waals surface area (Å²) in [6.07, 6.45) is 1.49. The fourth-order valence-corrected chi connectivity index (χ4v) is 5.08. The Labute approximate surface area is 165 Å². The van der Waals surface area contributed by atoms with Gasteiger partial charge in [0.15, 0.2) is 0 Å². The van der Waals surface area contributed by atoms with Gasteiger partial charge in [0.1, 0.15) is 0 Å². The lowest BCUT2D eigenvalue weighted by atomic mass is 10.1. The topological polar surface area (TPSA) is 109 Å². The average molecular weight is 399 g/mol. The second-order valence-corrected chi connectivity index (χ2v) is 8.41. The average Bonchev–Trinajstić information content (AvgIpc) is 2.66. The molecule has 0 aliphatic carbocycles. The Morgan fingerprint density at radius 3 is 2.00 bits per heavy atom. The van der Waals surface area contributed by atoms with Gasteiger partial charge in [-0.1, -0.05) is 37.3 Å². The van der Waals surface area contributed by atoms with Gasteiger partial charge < -0.3 is 30.1 Å². The van der Waals surface area contributed by atoms with Crippen molar-refractivity contribution >= 4 is 14.8 Å². The number of benzene rings is 1. The fourth-order valence-electron chi connectivity index (χ4n) is 2.41. The molecule has 0 heterocycles. The molecule has 5 N–H and O–H groups in total. The quantitative estimate of drug-likeness (QED) is 0.469. The van der Waals surface area contributed by atoms with Gasteiger partial charge in [-0.25, -0.2) is 4.79 Å². The number of nitrogens with one attached hydrogen (secondary N) is 1. The van der Waals surface area contributed by atoms with Gasteiger partial charge in [0.25, 0.3) is 0 Å². The zero-order chi connectivity index (χ0) is 20.5. The zero-order valence-electron chi connectivity index (χ0n) is 16.9. The number of amides is 2. The van der Waals surface area contributed by atoms with Crippen LogP contribution < -0.4 is 16.8 Å². The number of hydrogen-bond acceptors (Lipinski definition) is 5. The Morgan fingerprint density at radius 2 is 1.63 bits per heavy atom. The van der Waals surface area contributed by atoms with Crippen molar-refractivity contribution in [3.63, 3.8) is 0 Å². The van der Waals surface area contributed by atoms with Crippen LogP contribution >= 0.6 is 0 Å². The normalized spacial score (nSPS) is 12.0. The van der Waals surface area contributed by atoms with E-state index >= 15 is 0 Å². The van der Waals surface area contributed by atoms with Crippen LogP contribution in [0.1, 0.15) is 45.2 Å². The molecular weight excluding hydrogens is 362 g/mol. The summed E-state index contributed by atoms with van der Waals surface area (Å²) in [7, 11) is -2.57. The second-order valence-electron chi connectivity index (χ2n) is 5.68.